The molecule has 34 valence electrons. The van der Waals surface area contributed by atoms with Crippen molar-refractivity contribution in [3.63, 3.8) is 0 Å². The van der Waals surface area contributed by atoms with Gasteiger partial charge in [-0.3, -0.25) is 0 Å². The zero-order valence-electron chi connectivity index (χ0n) is 1.39. The molecule has 0 aromatic heterocycles. The molecule has 0 aromatic rings. The zero-order chi connectivity index (χ0) is 2.00. The topological polar surface area (TPSA) is 0 Å². The van der Waals surface area contributed by atoms with Gasteiger partial charge in [-0.25, -0.2) is 0 Å². The molecule has 0 atom stereocenters. The fourth-order valence-corrected chi connectivity index (χ4v) is 0. The van der Waals surface area contributed by atoms with Gasteiger partial charge in [0.25, 0.3) is 0 Å². The number of hydrogen-bond donors (Lipinski definition) is 0. The molecule has 0 saturated heterocycles. The van der Waals surface area contributed by atoms with E-state index in [0.29, 0.717) is 0 Å². The Morgan fingerprint density at radius 1 is 1.17 bits per heavy atom. The third-order valence-corrected chi connectivity index (χ3v) is 0. The van der Waals surface area contributed by atoms with E-state index >= 15 is 0 Å². The molecular weight excluding hydrogens is 409 g/mol. The van der Waals surface area contributed by atoms with Crippen molar-refractivity contribution >= 4 is 78.2 Å². The van der Waals surface area contributed by atoms with Crippen molar-refractivity contribution in [3.05, 3.63) is 0 Å². The van der Waals surface area contributed by atoms with Gasteiger partial charge in [-0.1, -0.05) is 0 Å². The SMILES string of the molecule is [AlH3].[CaH2].[MgH2].[Mn].[Zn][Au]. The fourth-order valence-electron chi connectivity index (χ4n) is 0. The molecule has 0 fully saturated rings. The number of hydrogen-bond acceptors (Lipinski definition) is 0. The fraction of sp³-hybridized carbons (Fsp3) is 0. The summed E-state index contributed by atoms with van der Waals surface area (Å²) in [6.07, 6.45) is 0. The van der Waals surface area contributed by atoms with Gasteiger partial charge in [0, 0.05) is 17.1 Å². The Morgan fingerprint density at radius 3 is 1.17 bits per heavy atom. The van der Waals surface area contributed by atoms with Crippen molar-refractivity contribution < 1.29 is 50.6 Å². The first kappa shape index (κ1) is 31.4. The van der Waals surface area contributed by atoms with Crippen LogP contribution in [0.1, 0.15) is 0 Å². The second-order valence-electron chi connectivity index (χ2n) is 0. The molecule has 0 spiro atoms. The Labute approximate surface area is 125 Å². The van der Waals surface area contributed by atoms with E-state index in [1.54, 1.807) is 0 Å². The molecule has 0 N–H and O–H groups in total. The maximum atomic E-state index is 2.40. The summed E-state index contributed by atoms with van der Waals surface area (Å²) in [6.45, 7) is 0. The summed E-state index contributed by atoms with van der Waals surface area (Å²) in [4.78, 5) is 0. The molecule has 0 aliphatic carbocycles. The van der Waals surface area contributed by atoms with Crippen LogP contribution in [-0.2, 0) is 50.6 Å². The Hall–Kier alpha value is 4.44. The predicted molar refractivity (Wildman–Crippen MR) is 27.0 cm³/mol. The molecule has 0 unspecified atom stereocenters. The first-order chi connectivity index (χ1) is 1.00. The molecule has 0 rings (SSSR count). The normalized spacial score (nSPS) is 1.33. The van der Waals surface area contributed by atoms with Crippen molar-refractivity contribution in [2.24, 2.45) is 0 Å². The molecule has 0 nitrogen and oxygen atoms in total. The van der Waals surface area contributed by atoms with E-state index in [4.69, 9.17) is 0 Å². The average molecular weight is 416 g/mol. The summed E-state index contributed by atoms with van der Waals surface area (Å²) in [7, 11) is 0. The molecule has 1 radical (unpaired) electrons. The van der Waals surface area contributed by atoms with Gasteiger partial charge >= 0.3 is 94.3 Å². The molecule has 0 bridgehead atoms. The number of rotatable bonds is 0. The van der Waals surface area contributed by atoms with E-state index in [2.05, 4.69) is 18.3 Å². The maximum absolute atomic E-state index is 2.40. The van der Waals surface area contributed by atoms with Gasteiger partial charge in [0.2, 0.25) is 0 Å². The molecule has 0 aromatic carbocycles. The Bertz CT molecular complexity index is 15.5. The van der Waals surface area contributed by atoms with Crippen molar-refractivity contribution in [2.45, 2.75) is 0 Å². The van der Waals surface area contributed by atoms with E-state index < -0.39 is 0 Å². The summed E-state index contributed by atoms with van der Waals surface area (Å²) in [5.74, 6) is 0. The van der Waals surface area contributed by atoms with E-state index in [0.717, 1.165) is 0 Å². The zero-order valence-corrected chi connectivity index (χ0v) is 7.70. The molecule has 0 heterocycles. The van der Waals surface area contributed by atoms with E-state index in [9.17, 15) is 0 Å². The molecule has 6 heteroatoms. The van der Waals surface area contributed by atoms with Gasteiger partial charge in [0.1, 0.15) is 0 Å². The molecule has 0 amide bonds. The summed E-state index contributed by atoms with van der Waals surface area (Å²) in [5, 5.41) is 0. The minimum atomic E-state index is 0. The monoisotopic (exact) mass is 414 g/mol. The van der Waals surface area contributed by atoms with Crippen LogP contribution in [0.3, 0.4) is 0 Å². The summed E-state index contributed by atoms with van der Waals surface area (Å²) >= 11 is 3.72. The van der Waals surface area contributed by atoms with Gasteiger partial charge in [0.05, 0.1) is 0 Å². The van der Waals surface area contributed by atoms with Crippen LogP contribution in [0.4, 0.5) is 0 Å². The Morgan fingerprint density at radius 2 is 1.17 bits per heavy atom. The van der Waals surface area contributed by atoms with Crippen LogP contribution in [0, 0.1) is 0 Å². The van der Waals surface area contributed by atoms with Crippen molar-refractivity contribution in [1.29, 1.82) is 0 Å². The molecule has 0 aliphatic heterocycles. The van der Waals surface area contributed by atoms with Crippen LogP contribution in [0.25, 0.3) is 0 Å². The van der Waals surface area contributed by atoms with E-state index in [1.165, 1.54) is 15.1 Å². The molecular formula is H7AlAuCaMgMnZn. The average Bonchev–Trinajstić information content (AvgIpc) is 1.00. The minimum absolute atomic E-state index is 0. The molecule has 0 aliphatic rings. The second-order valence-corrected chi connectivity index (χ2v) is 0. The second kappa shape index (κ2) is 34.1. The van der Waals surface area contributed by atoms with Gasteiger partial charge in [-0.15, -0.1) is 0 Å². The van der Waals surface area contributed by atoms with Crippen LogP contribution < -0.4 is 0 Å². The van der Waals surface area contributed by atoms with Gasteiger partial charge in [-0.2, -0.15) is 0 Å². The predicted octanol–water partition coefficient (Wildman–Crippen LogP) is -3.02. The molecule has 6 heavy (non-hydrogen) atoms. The summed E-state index contributed by atoms with van der Waals surface area (Å²) in [6, 6.07) is 0. The summed E-state index contributed by atoms with van der Waals surface area (Å²) < 4.78 is 0. The van der Waals surface area contributed by atoms with Gasteiger partial charge < -0.3 is 0 Å². The van der Waals surface area contributed by atoms with Crippen LogP contribution in [-0.4, -0.2) is 78.2 Å². The third-order valence-electron chi connectivity index (χ3n) is 0. The Kier molecular flexibility index (Phi) is 179. The van der Waals surface area contributed by atoms with Gasteiger partial charge in [-0.05, 0) is 0 Å². The van der Waals surface area contributed by atoms with Crippen molar-refractivity contribution in [2.75, 3.05) is 0 Å². The standard InChI is InChI=1S/Al.Au.Ca.Mg.Mn.Zn.7H. The van der Waals surface area contributed by atoms with Gasteiger partial charge in [0.15, 0.2) is 17.4 Å². The first-order valence-corrected chi connectivity index (χ1v) is 9.07. The van der Waals surface area contributed by atoms with Crippen molar-refractivity contribution in [1.82, 2.24) is 0 Å². The van der Waals surface area contributed by atoms with Crippen molar-refractivity contribution in [3.8, 4) is 0 Å². The first-order valence-electron chi connectivity index (χ1n) is 0.213. The Balaban J connectivity index is -0.000000000833. The van der Waals surface area contributed by atoms with E-state index in [1.807, 2.05) is 0 Å². The van der Waals surface area contributed by atoms with Crippen LogP contribution in [0.2, 0.25) is 0 Å². The van der Waals surface area contributed by atoms with E-state index in [-0.39, 0.29) is 95.2 Å². The van der Waals surface area contributed by atoms with Crippen LogP contribution in [0.15, 0.2) is 0 Å². The van der Waals surface area contributed by atoms with Crippen LogP contribution >= 0.6 is 0 Å². The van der Waals surface area contributed by atoms with Crippen LogP contribution in [0.5, 0.6) is 0 Å². The molecule has 0 saturated carbocycles. The summed E-state index contributed by atoms with van der Waals surface area (Å²) in [5.41, 5.74) is 0. The quantitative estimate of drug-likeness (QED) is 0.370. The third kappa shape index (κ3) is 23.7.